The number of carbonyl (C=O) groups excluding carboxylic acids is 1. The molecule has 0 atom stereocenters. The van der Waals surface area contributed by atoms with Gasteiger partial charge in [-0.15, -0.1) is 0 Å². The van der Waals surface area contributed by atoms with E-state index in [4.69, 9.17) is 9.47 Å². The number of rotatable bonds is 11. The second-order valence-corrected chi connectivity index (χ2v) is 12.3. The summed E-state index contributed by atoms with van der Waals surface area (Å²) in [5.41, 5.74) is -0.993. The highest BCUT2D eigenvalue weighted by Gasteiger charge is 2.44. The Labute approximate surface area is 217 Å². The van der Waals surface area contributed by atoms with E-state index in [1.807, 2.05) is 18.2 Å². The number of Topliss-reactive ketones (excluding diaryl/α,β-unsaturated/α-hetero) is 1. The number of methoxy groups -OCH3 is 2. The van der Waals surface area contributed by atoms with Gasteiger partial charge in [0.1, 0.15) is 28.7 Å². The van der Waals surface area contributed by atoms with Crippen LogP contribution in [0, 0.1) is 0 Å². The summed E-state index contributed by atoms with van der Waals surface area (Å²) in [5.74, 6) is -1.01. The molecule has 0 fully saturated rings. The monoisotopic (exact) mass is 516 g/mol. The molecule has 0 spiro atoms. The lowest BCUT2D eigenvalue weighted by Crippen LogP contribution is -2.33. The zero-order valence-corrected chi connectivity index (χ0v) is 21.9. The highest BCUT2D eigenvalue weighted by atomic mass is 31.2. The van der Waals surface area contributed by atoms with E-state index in [0.29, 0.717) is 6.42 Å². The molecule has 1 aromatic heterocycles. The van der Waals surface area contributed by atoms with Crippen molar-refractivity contribution >= 4 is 29.0 Å². The molecule has 0 saturated heterocycles. The predicted molar refractivity (Wildman–Crippen MR) is 150 cm³/mol. The van der Waals surface area contributed by atoms with Crippen molar-refractivity contribution in [2.24, 2.45) is 0 Å². The minimum absolute atomic E-state index is 0.0234. The molecule has 7 heteroatoms. The van der Waals surface area contributed by atoms with Gasteiger partial charge in [0, 0.05) is 6.42 Å². The summed E-state index contributed by atoms with van der Waals surface area (Å²) in [6.45, 7) is 0. The largest absolute Gasteiger partial charge is 0.503 e. The van der Waals surface area contributed by atoms with Gasteiger partial charge in [-0.2, -0.15) is 0 Å². The van der Waals surface area contributed by atoms with Crippen LogP contribution < -0.4 is 30.9 Å². The fourth-order valence-electron chi connectivity index (χ4n) is 4.78. The molecular formula is C30H31NO5P+. The smallest absolute Gasteiger partial charge is 0.265 e. The van der Waals surface area contributed by atoms with Crippen LogP contribution >= 0.6 is 7.26 Å². The lowest BCUT2D eigenvalue weighted by atomic mass is 10.1. The van der Waals surface area contributed by atoms with E-state index in [2.05, 4.69) is 77.8 Å². The van der Waals surface area contributed by atoms with Gasteiger partial charge in [0.25, 0.3) is 5.56 Å². The number of nitrogens with one attached hydrogen (secondary N) is 1. The maximum atomic E-state index is 13.0. The summed E-state index contributed by atoms with van der Waals surface area (Å²) >= 11 is 0. The zero-order chi connectivity index (χ0) is 26.3. The number of H-pyrrole nitrogens is 1. The normalized spacial score (nSPS) is 11.2. The van der Waals surface area contributed by atoms with Crippen LogP contribution in [0.2, 0.25) is 0 Å². The number of aromatic hydroxyl groups is 1. The number of ether oxygens (including phenoxy) is 2. The van der Waals surface area contributed by atoms with Gasteiger partial charge in [-0.05, 0) is 49.2 Å². The Hall–Kier alpha value is -3.89. The molecule has 0 unspecified atom stereocenters. The second kappa shape index (κ2) is 11.9. The minimum atomic E-state index is -1.99. The van der Waals surface area contributed by atoms with E-state index in [1.165, 1.54) is 30.1 Å². The minimum Gasteiger partial charge on any atom is -0.503 e. The Balaban J connectivity index is 1.62. The third-order valence-corrected chi connectivity index (χ3v) is 11.1. The van der Waals surface area contributed by atoms with Gasteiger partial charge < -0.3 is 14.6 Å². The molecule has 0 aliphatic heterocycles. The second-order valence-electron chi connectivity index (χ2n) is 8.66. The van der Waals surface area contributed by atoms with Crippen LogP contribution in [0.4, 0.5) is 0 Å². The van der Waals surface area contributed by atoms with Crippen LogP contribution in [-0.4, -0.2) is 36.3 Å². The van der Waals surface area contributed by atoms with E-state index in [9.17, 15) is 14.7 Å². The van der Waals surface area contributed by atoms with Crippen molar-refractivity contribution < 1.29 is 19.4 Å². The average molecular weight is 517 g/mol. The van der Waals surface area contributed by atoms with Gasteiger partial charge >= 0.3 is 0 Å². The van der Waals surface area contributed by atoms with Gasteiger partial charge in [-0.1, -0.05) is 54.6 Å². The van der Waals surface area contributed by atoms with Crippen molar-refractivity contribution in [1.29, 1.82) is 0 Å². The molecule has 0 aliphatic rings. The molecule has 0 amide bonds. The molecule has 6 nitrogen and oxygen atoms in total. The van der Waals surface area contributed by atoms with Crippen LogP contribution in [0.1, 0.15) is 29.6 Å². The van der Waals surface area contributed by atoms with Crippen LogP contribution in [0.15, 0.2) is 95.8 Å². The molecule has 4 rings (SSSR count). The SMILES string of the molecule is COc1[nH]c(=O)c(C(=O)CCCC[P+](c2ccccc2)(c2ccccc2)c2ccccc2)c(O)c1OC. The first-order valence-electron chi connectivity index (χ1n) is 12.2. The summed E-state index contributed by atoms with van der Waals surface area (Å²) in [7, 11) is 0.688. The molecule has 0 radical (unpaired) electrons. The highest BCUT2D eigenvalue weighted by molar-refractivity contribution is 7.95. The summed E-state index contributed by atoms with van der Waals surface area (Å²) in [6.07, 6.45) is 2.33. The van der Waals surface area contributed by atoms with Crippen molar-refractivity contribution in [3.63, 3.8) is 0 Å². The van der Waals surface area contributed by atoms with Crippen LogP contribution in [0.25, 0.3) is 0 Å². The standard InChI is InChI=1S/C30H30NO5P/c1-35-28-27(33)26(29(34)31-30(28)36-2)25(32)20-12-13-21-37(22-14-6-3-7-15-22,23-16-8-4-9-17-23)24-18-10-5-11-19-24/h3-11,14-19H,12-13,20-21H2,1-2H3,(H-,31,32,33,34)/p+1. The number of pyridine rings is 1. The first kappa shape index (κ1) is 26.2. The maximum Gasteiger partial charge on any atom is 0.265 e. The molecule has 0 bridgehead atoms. The molecule has 0 aliphatic carbocycles. The van der Waals surface area contributed by atoms with Gasteiger partial charge in [0.05, 0.1) is 20.4 Å². The first-order valence-corrected chi connectivity index (χ1v) is 14.2. The molecule has 4 aromatic rings. The summed E-state index contributed by atoms with van der Waals surface area (Å²) in [5, 5.41) is 14.4. The number of hydrogen-bond acceptors (Lipinski definition) is 5. The molecule has 0 saturated carbocycles. The number of aromatic amines is 1. The highest BCUT2D eigenvalue weighted by Crippen LogP contribution is 2.56. The maximum absolute atomic E-state index is 13.0. The van der Waals surface area contributed by atoms with Crippen molar-refractivity contribution in [3.8, 4) is 17.4 Å². The van der Waals surface area contributed by atoms with Crippen LogP contribution in [-0.2, 0) is 0 Å². The number of aromatic nitrogens is 1. The number of unbranched alkanes of at least 4 members (excludes halogenated alkanes) is 1. The van der Waals surface area contributed by atoms with E-state index in [1.54, 1.807) is 0 Å². The quantitative estimate of drug-likeness (QED) is 0.175. The third-order valence-electron chi connectivity index (χ3n) is 6.54. The number of ketones is 1. The summed E-state index contributed by atoms with van der Waals surface area (Å²) < 4.78 is 10.2. The van der Waals surface area contributed by atoms with Gasteiger partial charge in [-0.25, -0.2) is 0 Å². The van der Waals surface area contributed by atoms with Crippen molar-refractivity contribution in [1.82, 2.24) is 4.98 Å². The molecule has 37 heavy (non-hydrogen) atoms. The fraction of sp³-hybridized carbons (Fsp3) is 0.200. The van der Waals surface area contributed by atoms with E-state index < -0.39 is 24.4 Å². The summed E-state index contributed by atoms with van der Waals surface area (Å²) in [4.78, 5) is 28.0. The topological polar surface area (TPSA) is 88.6 Å². The van der Waals surface area contributed by atoms with E-state index in [-0.39, 0.29) is 23.6 Å². The number of benzene rings is 3. The molecule has 3 aromatic carbocycles. The Bertz CT molecular complexity index is 1290. The summed E-state index contributed by atoms with van der Waals surface area (Å²) in [6, 6.07) is 31.7. The Morgan fingerprint density at radius 1 is 0.784 bits per heavy atom. The Morgan fingerprint density at radius 2 is 1.27 bits per heavy atom. The van der Waals surface area contributed by atoms with Gasteiger partial charge in [-0.3, -0.25) is 14.6 Å². The van der Waals surface area contributed by atoms with E-state index >= 15 is 0 Å². The predicted octanol–water partition coefficient (Wildman–Crippen LogP) is 4.44. The lowest BCUT2D eigenvalue weighted by Gasteiger charge is -2.27. The third kappa shape index (κ3) is 5.30. The molecule has 2 N–H and O–H groups in total. The average Bonchev–Trinajstić information content (AvgIpc) is 2.94. The molecule has 190 valence electrons. The van der Waals surface area contributed by atoms with Gasteiger partial charge in [0.2, 0.25) is 11.6 Å². The Kier molecular flexibility index (Phi) is 8.42. The number of carbonyl (C=O) groups is 1. The Morgan fingerprint density at radius 3 is 1.70 bits per heavy atom. The van der Waals surface area contributed by atoms with E-state index in [0.717, 1.165) is 12.6 Å². The van der Waals surface area contributed by atoms with Crippen molar-refractivity contribution in [2.75, 3.05) is 20.4 Å². The molecular weight excluding hydrogens is 485 g/mol. The lowest BCUT2D eigenvalue weighted by molar-refractivity contribution is 0.0974. The van der Waals surface area contributed by atoms with Gasteiger partial charge in [0.15, 0.2) is 11.5 Å². The van der Waals surface area contributed by atoms with Crippen molar-refractivity contribution in [2.45, 2.75) is 19.3 Å². The fourth-order valence-corrected chi connectivity index (χ4v) is 9.19. The molecule has 1 heterocycles. The van der Waals surface area contributed by atoms with Crippen LogP contribution in [0.5, 0.6) is 17.4 Å². The van der Waals surface area contributed by atoms with Crippen LogP contribution in [0.3, 0.4) is 0 Å². The zero-order valence-electron chi connectivity index (χ0n) is 21.0. The van der Waals surface area contributed by atoms with Crippen molar-refractivity contribution in [3.05, 3.63) is 107 Å². The first-order chi connectivity index (χ1) is 18.0. The number of hydrogen-bond donors (Lipinski definition) is 2.